The highest BCUT2D eigenvalue weighted by Gasteiger charge is 2.34. The molecule has 0 fully saturated rings. The number of hydrogen-bond donors (Lipinski definition) is 1. The van der Waals surface area contributed by atoms with E-state index >= 15 is 0 Å². The molecule has 6 heteroatoms. The van der Waals surface area contributed by atoms with Gasteiger partial charge in [0.2, 0.25) is 0 Å². The maximum Gasteiger partial charge on any atom is 0.354 e. The van der Waals surface area contributed by atoms with Crippen LogP contribution >= 0.6 is 0 Å². The highest BCUT2D eigenvalue weighted by atomic mass is 28.4. The molecule has 0 aromatic heterocycles. The van der Waals surface area contributed by atoms with Gasteiger partial charge in [-0.2, -0.15) is 0 Å². The van der Waals surface area contributed by atoms with Gasteiger partial charge in [0.1, 0.15) is 0 Å². The first kappa shape index (κ1) is 16.0. The van der Waals surface area contributed by atoms with E-state index in [0.29, 0.717) is 6.61 Å². The van der Waals surface area contributed by atoms with Crippen LogP contribution < -0.4 is 5.32 Å². The average Bonchev–Trinajstić information content (AvgIpc) is 2.32. The predicted octanol–water partition coefficient (Wildman–Crippen LogP) is 0.533. The van der Waals surface area contributed by atoms with E-state index in [1.54, 1.807) is 21.3 Å². The van der Waals surface area contributed by atoms with Gasteiger partial charge in [-0.15, -0.1) is 0 Å². The Labute approximate surface area is 99.7 Å². The second-order valence-electron chi connectivity index (χ2n) is 3.56. The van der Waals surface area contributed by atoms with E-state index in [0.717, 1.165) is 31.8 Å². The van der Waals surface area contributed by atoms with Gasteiger partial charge in [-0.1, -0.05) is 0 Å². The molecule has 0 unspecified atom stereocenters. The smallest absolute Gasteiger partial charge is 0.354 e. The van der Waals surface area contributed by atoms with Gasteiger partial charge >= 0.3 is 8.56 Å². The van der Waals surface area contributed by atoms with E-state index in [9.17, 15) is 0 Å². The minimum atomic E-state index is -2.08. The summed E-state index contributed by atoms with van der Waals surface area (Å²) in [7, 11) is 4.93. The Bertz CT molecular complexity index is 156. The van der Waals surface area contributed by atoms with Crippen LogP contribution in [0.5, 0.6) is 0 Å². The van der Waals surface area contributed by atoms with Crippen molar-refractivity contribution in [3.63, 3.8) is 0 Å². The minimum absolute atomic E-state index is 0.680. The first-order valence-electron chi connectivity index (χ1n) is 5.56. The molecule has 0 aliphatic heterocycles. The third-order valence-electron chi connectivity index (χ3n) is 2.45. The van der Waals surface area contributed by atoms with Crippen LogP contribution in [0, 0.1) is 0 Å². The maximum absolute atomic E-state index is 5.51. The van der Waals surface area contributed by atoms with Crippen molar-refractivity contribution in [2.45, 2.75) is 12.5 Å². The number of rotatable bonds is 11. The van der Waals surface area contributed by atoms with Gasteiger partial charge < -0.3 is 23.6 Å². The molecule has 0 bridgehead atoms. The Hall–Kier alpha value is 0.0169. The molecule has 0 atom stereocenters. The average molecular weight is 251 g/mol. The number of nitrogens with one attached hydrogen (secondary N) is 1. The van der Waals surface area contributed by atoms with Gasteiger partial charge in [-0.25, -0.2) is 0 Å². The van der Waals surface area contributed by atoms with E-state index in [-0.39, 0.29) is 0 Å². The van der Waals surface area contributed by atoms with E-state index in [1.807, 2.05) is 7.05 Å². The van der Waals surface area contributed by atoms with Crippen LogP contribution in [0.15, 0.2) is 0 Å². The van der Waals surface area contributed by atoms with Crippen molar-refractivity contribution in [3.05, 3.63) is 0 Å². The molecule has 0 aromatic carbocycles. The van der Waals surface area contributed by atoms with Gasteiger partial charge in [0.25, 0.3) is 0 Å². The lowest BCUT2D eigenvalue weighted by molar-refractivity contribution is 0.105. The van der Waals surface area contributed by atoms with E-state index in [4.69, 9.17) is 18.3 Å². The van der Waals surface area contributed by atoms with Crippen LogP contribution in [0.3, 0.4) is 0 Å². The molecule has 0 saturated heterocycles. The standard InChI is InChI=1S/C10H25NO4Si/c1-11-10-16(13-3,14-4)9-8-15-7-5-6-12-2/h11H,5-10H2,1-4H3. The van der Waals surface area contributed by atoms with Crippen molar-refractivity contribution < 1.29 is 18.3 Å². The van der Waals surface area contributed by atoms with Crippen LogP contribution in [0.25, 0.3) is 0 Å². The Morgan fingerprint density at radius 2 is 1.69 bits per heavy atom. The van der Waals surface area contributed by atoms with Crippen molar-refractivity contribution in [2.24, 2.45) is 0 Å². The first-order chi connectivity index (χ1) is 7.74. The zero-order valence-electron chi connectivity index (χ0n) is 10.9. The third kappa shape index (κ3) is 6.57. The summed E-state index contributed by atoms with van der Waals surface area (Å²) in [6, 6.07) is 0.841. The second-order valence-corrected chi connectivity index (χ2v) is 7.05. The van der Waals surface area contributed by atoms with Gasteiger partial charge in [0.15, 0.2) is 0 Å². The molecule has 0 aliphatic carbocycles. The number of methoxy groups -OCH3 is 1. The lowest BCUT2D eigenvalue weighted by Gasteiger charge is -2.26. The Morgan fingerprint density at radius 1 is 1.00 bits per heavy atom. The number of ether oxygens (including phenoxy) is 2. The van der Waals surface area contributed by atoms with Crippen molar-refractivity contribution in [3.8, 4) is 0 Å². The van der Waals surface area contributed by atoms with Gasteiger partial charge in [0.05, 0.1) is 0 Å². The Balaban J connectivity index is 3.67. The normalized spacial score (nSPS) is 12.0. The lowest BCUT2D eigenvalue weighted by atomic mass is 10.5. The van der Waals surface area contributed by atoms with Crippen LogP contribution in [0.1, 0.15) is 6.42 Å². The molecule has 0 heterocycles. The van der Waals surface area contributed by atoms with Crippen molar-refractivity contribution >= 4 is 8.56 Å². The number of hydrogen-bond acceptors (Lipinski definition) is 5. The summed E-state index contributed by atoms with van der Waals surface area (Å²) in [5.41, 5.74) is 0. The van der Waals surface area contributed by atoms with Crippen LogP contribution in [-0.4, -0.2) is 62.9 Å². The monoisotopic (exact) mass is 251 g/mol. The summed E-state index contributed by atoms with van der Waals surface area (Å²) in [4.78, 5) is 0. The first-order valence-corrected chi connectivity index (χ1v) is 7.79. The van der Waals surface area contributed by atoms with Gasteiger partial charge in [-0.05, 0) is 13.5 Å². The topological polar surface area (TPSA) is 49.0 Å². The Kier molecular flexibility index (Phi) is 10.2. The van der Waals surface area contributed by atoms with Gasteiger partial charge in [-0.3, -0.25) is 0 Å². The van der Waals surface area contributed by atoms with E-state index in [2.05, 4.69) is 5.32 Å². The summed E-state index contributed by atoms with van der Waals surface area (Å²) in [6.45, 7) is 2.15. The molecule has 1 N–H and O–H groups in total. The summed E-state index contributed by atoms with van der Waals surface area (Å²) < 4.78 is 21.5. The molecular formula is C10H25NO4Si. The molecule has 0 aliphatic rings. The molecule has 0 spiro atoms. The molecule has 98 valence electrons. The SMILES string of the molecule is CNC[Si](CCOCCCOC)(OC)OC. The molecular weight excluding hydrogens is 226 g/mol. The highest BCUT2D eigenvalue weighted by molar-refractivity contribution is 6.67. The predicted molar refractivity (Wildman–Crippen MR) is 65.8 cm³/mol. The molecule has 0 aromatic rings. The second kappa shape index (κ2) is 10.2. The molecule has 0 amide bonds. The minimum Gasteiger partial charge on any atom is -0.397 e. The molecule has 0 radical (unpaired) electrons. The maximum atomic E-state index is 5.51. The largest absolute Gasteiger partial charge is 0.397 e. The van der Waals surface area contributed by atoms with E-state index in [1.165, 1.54) is 0 Å². The van der Waals surface area contributed by atoms with Crippen LogP contribution in [-0.2, 0) is 18.3 Å². The molecule has 0 rings (SSSR count). The fraction of sp³-hybridized carbons (Fsp3) is 1.00. The van der Waals surface area contributed by atoms with Crippen LogP contribution in [0.4, 0.5) is 0 Å². The van der Waals surface area contributed by atoms with Gasteiger partial charge in [0, 0.05) is 53.4 Å². The zero-order valence-corrected chi connectivity index (χ0v) is 11.9. The Morgan fingerprint density at radius 3 is 2.19 bits per heavy atom. The fourth-order valence-corrected chi connectivity index (χ4v) is 3.46. The summed E-state index contributed by atoms with van der Waals surface area (Å²) >= 11 is 0. The van der Waals surface area contributed by atoms with Crippen molar-refractivity contribution in [2.75, 3.05) is 54.4 Å². The lowest BCUT2D eigenvalue weighted by Crippen LogP contribution is -2.49. The fourth-order valence-electron chi connectivity index (χ4n) is 1.42. The third-order valence-corrected chi connectivity index (χ3v) is 5.80. The summed E-state index contributed by atoms with van der Waals surface area (Å²) in [6.07, 6.45) is 1.71. The summed E-state index contributed by atoms with van der Waals surface area (Å²) in [5.74, 6) is 0. The van der Waals surface area contributed by atoms with Crippen molar-refractivity contribution in [1.29, 1.82) is 0 Å². The zero-order chi connectivity index (χ0) is 12.3. The van der Waals surface area contributed by atoms with Crippen LogP contribution in [0.2, 0.25) is 6.04 Å². The van der Waals surface area contributed by atoms with Crippen molar-refractivity contribution in [1.82, 2.24) is 5.32 Å². The molecule has 5 nitrogen and oxygen atoms in total. The molecule has 0 saturated carbocycles. The highest BCUT2D eigenvalue weighted by Crippen LogP contribution is 2.10. The molecule has 16 heavy (non-hydrogen) atoms. The quantitative estimate of drug-likeness (QED) is 0.429. The van der Waals surface area contributed by atoms with E-state index < -0.39 is 8.56 Å². The summed E-state index contributed by atoms with van der Waals surface area (Å²) in [5, 5.41) is 3.11.